The summed E-state index contributed by atoms with van der Waals surface area (Å²) >= 11 is 1.41. The molecule has 2 atom stereocenters. The van der Waals surface area contributed by atoms with Crippen LogP contribution in [-0.2, 0) is 16.4 Å². The molecule has 0 spiro atoms. The zero-order valence-corrected chi connectivity index (χ0v) is 13.0. The van der Waals surface area contributed by atoms with Crippen LogP contribution in [0.2, 0.25) is 0 Å². The highest BCUT2D eigenvalue weighted by Gasteiger charge is 2.22. The number of sulfonamides is 1. The molecule has 0 aliphatic carbocycles. The Labute approximate surface area is 124 Å². The summed E-state index contributed by atoms with van der Waals surface area (Å²) in [6.07, 6.45) is 2.07. The summed E-state index contributed by atoms with van der Waals surface area (Å²) in [6.45, 7) is 1.63. The Balaban J connectivity index is 2.86. The summed E-state index contributed by atoms with van der Waals surface area (Å²) in [5, 5.41) is 17.6. The Morgan fingerprint density at radius 2 is 2.00 bits per heavy atom. The van der Waals surface area contributed by atoms with Crippen molar-refractivity contribution in [3.05, 3.63) is 29.8 Å². The normalized spacial score (nSPS) is 14.5. The van der Waals surface area contributed by atoms with E-state index in [9.17, 15) is 13.5 Å². The summed E-state index contributed by atoms with van der Waals surface area (Å²) in [6, 6.07) is 7.85. The minimum atomic E-state index is -3.61. The van der Waals surface area contributed by atoms with Crippen molar-refractivity contribution in [1.29, 1.82) is 5.26 Å². The van der Waals surface area contributed by atoms with Crippen LogP contribution in [0.5, 0.6) is 0 Å². The van der Waals surface area contributed by atoms with E-state index in [0.29, 0.717) is 0 Å². The smallest absolute Gasteiger partial charge is 0.240 e. The van der Waals surface area contributed by atoms with Crippen molar-refractivity contribution < 1.29 is 13.5 Å². The molecule has 0 radical (unpaired) electrons. The van der Waals surface area contributed by atoms with E-state index in [2.05, 4.69) is 4.72 Å². The molecule has 20 heavy (non-hydrogen) atoms. The first-order valence-electron chi connectivity index (χ1n) is 6.06. The third kappa shape index (κ3) is 4.49. The fraction of sp³-hybridized carbons (Fsp3) is 0.462. The van der Waals surface area contributed by atoms with Crippen LogP contribution in [0.4, 0.5) is 0 Å². The average Bonchev–Trinajstić information content (AvgIpc) is 2.40. The zero-order chi connectivity index (χ0) is 15.2. The van der Waals surface area contributed by atoms with Gasteiger partial charge in [0, 0.05) is 11.3 Å². The van der Waals surface area contributed by atoms with Crippen LogP contribution in [0.3, 0.4) is 0 Å². The second-order valence-corrected chi connectivity index (χ2v) is 7.14. The first kappa shape index (κ1) is 17.0. The van der Waals surface area contributed by atoms with Crippen molar-refractivity contribution in [3.8, 4) is 6.07 Å². The largest absolute Gasteiger partial charge is 0.395 e. The minimum Gasteiger partial charge on any atom is -0.395 e. The quantitative estimate of drug-likeness (QED) is 0.788. The van der Waals surface area contributed by atoms with Crippen molar-refractivity contribution in [2.75, 3.05) is 12.9 Å². The maximum absolute atomic E-state index is 12.2. The average molecular weight is 314 g/mol. The standard InChI is InChI=1S/C13H18N2O3S2/c1-10(13(9-16)19-2)15-20(17,18)12-5-3-11(4-6-12)7-8-14/h3-6,10,13,15-16H,7,9H2,1-2H3. The number of nitrogens with one attached hydrogen (secondary N) is 1. The molecule has 2 N–H and O–H groups in total. The van der Waals surface area contributed by atoms with Gasteiger partial charge in [0.15, 0.2) is 0 Å². The molecular formula is C13H18N2O3S2. The van der Waals surface area contributed by atoms with Gasteiger partial charge in [0.2, 0.25) is 10.0 Å². The van der Waals surface area contributed by atoms with Crippen LogP contribution < -0.4 is 4.72 Å². The van der Waals surface area contributed by atoms with Gasteiger partial charge >= 0.3 is 0 Å². The summed E-state index contributed by atoms with van der Waals surface area (Å²) < 4.78 is 26.9. The third-order valence-electron chi connectivity index (χ3n) is 2.90. The van der Waals surface area contributed by atoms with E-state index in [0.717, 1.165) is 5.56 Å². The molecule has 2 unspecified atom stereocenters. The second-order valence-electron chi connectivity index (χ2n) is 4.35. The topological polar surface area (TPSA) is 90.2 Å². The molecule has 0 saturated carbocycles. The van der Waals surface area contributed by atoms with Crippen molar-refractivity contribution in [2.45, 2.75) is 29.5 Å². The molecule has 0 aliphatic heterocycles. The Morgan fingerprint density at radius 1 is 1.40 bits per heavy atom. The van der Waals surface area contributed by atoms with Gasteiger partial charge in [0.05, 0.1) is 24.0 Å². The van der Waals surface area contributed by atoms with E-state index in [1.165, 1.54) is 23.9 Å². The lowest BCUT2D eigenvalue weighted by molar-refractivity contribution is 0.282. The number of rotatable bonds is 7. The van der Waals surface area contributed by atoms with Crippen LogP contribution in [0, 0.1) is 11.3 Å². The highest BCUT2D eigenvalue weighted by atomic mass is 32.2. The fourth-order valence-electron chi connectivity index (χ4n) is 1.70. The maximum atomic E-state index is 12.2. The first-order chi connectivity index (χ1) is 9.44. The third-order valence-corrected chi connectivity index (χ3v) is 5.64. The Morgan fingerprint density at radius 3 is 2.45 bits per heavy atom. The number of aliphatic hydroxyl groups excluding tert-OH is 1. The predicted octanol–water partition coefficient (Wildman–Crippen LogP) is 1.14. The zero-order valence-electron chi connectivity index (χ0n) is 11.4. The summed E-state index contributed by atoms with van der Waals surface area (Å²) in [4.78, 5) is 0.156. The highest BCUT2D eigenvalue weighted by Crippen LogP contribution is 2.15. The molecule has 110 valence electrons. The van der Waals surface area contributed by atoms with Crippen molar-refractivity contribution in [1.82, 2.24) is 4.72 Å². The molecule has 1 rings (SSSR count). The molecule has 1 aromatic carbocycles. The second kappa shape index (κ2) is 7.64. The van der Waals surface area contributed by atoms with Crippen LogP contribution in [0.15, 0.2) is 29.2 Å². The van der Waals surface area contributed by atoms with E-state index in [4.69, 9.17) is 5.26 Å². The molecule has 0 amide bonds. The Hall–Kier alpha value is -1.07. The van der Waals surface area contributed by atoms with Gasteiger partial charge in [0.25, 0.3) is 0 Å². The van der Waals surface area contributed by atoms with Crippen LogP contribution in [0.1, 0.15) is 12.5 Å². The van der Waals surface area contributed by atoms with Gasteiger partial charge in [-0.15, -0.1) is 0 Å². The number of thioether (sulfide) groups is 1. The van der Waals surface area contributed by atoms with E-state index in [-0.39, 0.29) is 29.2 Å². The van der Waals surface area contributed by atoms with E-state index < -0.39 is 10.0 Å². The summed E-state index contributed by atoms with van der Waals surface area (Å²) in [5.41, 5.74) is 0.775. The Bertz CT molecular complexity index is 560. The summed E-state index contributed by atoms with van der Waals surface area (Å²) in [5.74, 6) is 0. The van der Waals surface area contributed by atoms with Gasteiger partial charge in [-0.05, 0) is 30.9 Å². The van der Waals surface area contributed by atoms with Crippen LogP contribution in [-0.4, -0.2) is 37.7 Å². The van der Waals surface area contributed by atoms with Crippen LogP contribution in [0.25, 0.3) is 0 Å². The Kier molecular flexibility index (Phi) is 6.49. The minimum absolute atomic E-state index is 0.0913. The van der Waals surface area contributed by atoms with E-state index >= 15 is 0 Å². The lowest BCUT2D eigenvalue weighted by Gasteiger charge is -2.21. The SMILES string of the molecule is CSC(CO)C(C)NS(=O)(=O)c1ccc(CC#N)cc1. The molecular weight excluding hydrogens is 296 g/mol. The van der Waals surface area contributed by atoms with E-state index in [1.54, 1.807) is 19.1 Å². The van der Waals surface area contributed by atoms with Crippen molar-refractivity contribution in [2.24, 2.45) is 0 Å². The number of hydrogen-bond acceptors (Lipinski definition) is 5. The number of nitrogens with zero attached hydrogens (tertiary/aromatic N) is 1. The van der Waals surface area contributed by atoms with Gasteiger partial charge in [-0.3, -0.25) is 0 Å². The fourth-order valence-corrected chi connectivity index (χ4v) is 3.70. The highest BCUT2D eigenvalue weighted by molar-refractivity contribution is 7.99. The van der Waals surface area contributed by atoms with Crippen LogP contribution >= 0.6 is 11.8 Å². The predicted molar refractivity (Wildman–Crippen MR) is 79.9 cm³/mol. The van der Waals surface area contributed by atoms with Gasteiger partial charge in [0.1, 0.15) is 0 Å². The maximum Gasteiger partial charge on any atom is 0.240 e. The van der Waals surface area contributed by atoms with Crippen molar-refractivity contribution >= 4 is 21.8 Å². The molecule has 0 bridgehead atoms. The monoisotopic (exact) mass is 314 g/mol. The molecule has 0 saturated heterocycles. The molecule has 0 heterocycles. The first-order valence-corrected chi connectivity index (χ1v) is 8.83. The van der Waals surface area contributed by atoms with Gasteiger partial charge in [-0.1, -0.05) is 12.1 Å². The lowest BCUT2D eigenvalue weighted by atomic mass is 10.2. The molecule has 0 aromatic heterocycles. The number of nitriles is 1. The molecule has 0 aliphatic rings. The summed E-state index contributed by atoms with van der Waals surface area (Å²) in [7, 11) is -3.61. The molecule has 1 aromatic rings. The number of benzene rings is 1. The van der Waals surface area contributed by atoms with Gasteiger partial charge in [-0.2, -0.15) is 17.0 Å². The number of aliphatic hydroxyl groups is 1. The molecule has 7 heteroatoms. The van der Waals surface area contributed by atoms with Gasteiger partial charge < -0.3 is 5.11 Å². The lowest BCUT2D eigenvalue weighted by Crippen LogP contribution is -2.41. The van der Waals surface area contributed by atoms with E-state index in [1.807, 2.05) is 12.3 Å². The number of hydrogen-bond donors (Lipinski definition) is 2. The molecule has 0 fully saturated rings. The molecule has 5 nitrogen and oxygen atoms in total. The van der Waals surface area contributed by atoms with Crippen molar-refractivity contribution in [3.63, 3.8) is 0 Å². The van der Waals surface area contributed by atoms with Gasteiger partial charge in [-0.25, -0.2) is 13.1 Å².